The molecule has 1 fully saturated rings. The summed E-state index contributed by atoms with van der Waals surface area (Å²) >= 11 is 0. The van der Waals surface area contributed by atoms with Crippen LogP contribution in [0.2, 0.25) is 0 Å². The fourth-order valence-corrected chi connectivity index (χ4v) is 3.51. The number of hydrogen-bond acceptors (Lipinski definition) is 2. The van der Waals surface area contributed by atoms with Crippen molar-refractivity contribution in [2.24, 2.45) is 5.92 Å². The van der Waals surface area contributed by atoms with Crippen LogP contribution < -0.4 is 0 Å². The van der Waals surface area contributed by atoms with Gasteiger partial charge >= 0.3 is 0 Å². The minimum Gasteiger partial charge on any atom is -0.343 e. The normalized spacial score (nSPS) is 15.6. The van der Waals surface area contributed by atoms with Gasteiger partial charge in [0.2, 0.25) is 5.91 Å². The van der Waals surface area contributed by atoms with Gasteiger partial charge in [0.15, 0.2) is 0 Å². The number of carbonyl (C=O) groups excluding carboxylic acids is 1. The lowest BCUT2D eigenvalue weighted by atomic mass is 9.92. The van der Waals surface area contributed by atoms with Gasteiger partial charge in [0.05, 0.1) is 6.33 Å². The average Bonchev–Trinajstić information content (AvgIpc) is 3.15. The number of aromatic nitrogens is 2. The molecule has 1 amide bonds. The van der Waals surface area contributed by atoms with Gasteiger partial charge in [0, 0.05) is 38.4 Å². The predicted molar refractivity (Wildman–Crippen MR) is 95.5 cm³/mol. The van der Waals surface area contributed by atoms with Gasteiger partial charge in [-0.05, 0) is 43.6 Å². The van der Waals surface area contributed by atoms with E-state index in [1.54, 1.807) is 0 Å². The van der Waals surface area contributed by atoms with Gasteiger partial charge in [-0.3, -0.25) is 4.79 Å². The molecule has 2 heterocycles. The summed E-state index contributed by atoms with van der Waals surface area (Å²) in [5.41, 5.74) is 1.25. The van der Waals surface area contributed by atoms with Crippen LogP contribution in [0, 0.1) is 5.92 Å². The van der Waals surface area contributed by atoms with Crippen molar-refractivity contribution in [2.75, 3.05) is 13.1 Å². The number of nitrogens with zero attached hydrogens (tertiary/aromatic N) is 3. The lowest BCUT2D eigenvalue weighted by Gasteiger charge is -2.32. The molecule has 128 valence electrons. The van der Waals surface area contributed by atoms with E-state index < -0.39 is 0 Å². The van der Waals surface area contributed by atoms with Crippen LogP contribution in [0.4, 0.5) is 0 Å². The minimum absolute atomic E-state index is 0.315. The molecule has 0 aliphatic carbocycles. The van der Waals surface area contributed by atoms with Gasteiger partial charge in [0.25, 0.3) is 0 Å². The van der Waals surface area contributed by atoms with Gasteiger partial charge in [-0.2, -0.15) is 0 Å². The Morgan fingerprint density at radius 1 is 1.17 bits per heavy atom. The number of piperidine rings is 1. The lowest BCUT2D eigenvalue weighted by Crippen LogP contribution is -2.38. The van der Waals surface area contributed by atoms with Crippen molar-refractivity contribution < 1.29 is 4.79 Å². The van der Waals surface area contributed by atoms with Crippen molar-refractivity contribution in [1.82, 2.24) is 14.5 Å². The Morgan fingerprint density at radius 3 is 2.67 bits per heavy atom. The third kappa shape index (κ3) is 4.95. The third-order valence-corrected chi connectivity index (χ3v) is 5.03. The highest BCUT2D eigenvalue weighted by molar-refractivity contribution is 5.76. The summed E-state index contributed by atoms with van der Waals surface area (Å²) in [6, 6.07) is 10.3. The summed E-state index contributed by atoms with van der Waals surface area (Å²) in [4.78, 5) is 18.5. The molecule has 24 heavy (non-hydrogen) atoms. The summed E-state index contributed by atoms with van der Waals surface area (Å²) < 4.78 is 2.14. The number of amides is 1. The maximum Gasteiger partial charge on any atom is 0.222 e. The zero-order chi connectivity index (χ0) is 16.6. The second-order valence-corrected chi connectivity index (χ2v) is 6.75. The number of carbonyl (C=O) groups is 1. The Balaban J connectivity index is 1.33. The van der Waals surface area contributed by atoms with Crippen LogP contribution in [-0.4, -0.2) is 33.4 Å². The van der Waals surface area contributed by atoms with Gasteiger partial charge in [0.1, 0.15) is 0 Å². The molecule has 1 aromatic carbocycles. The second-order valence-electron chi connectivity index (χ2n) is 6.75. The average molecular weight is 325 g/mol. The van der Waals surface area contributed by atoms with Crippen molar-refractivity contribution in [2.45, 2.75) is 45.1 Å². The largest absolute Gasteiger partial charge is 0.343 e. The van der Waals surface area contributed by atoms with E-state index in [0.717, 1.165) is 44.8 Å². The molecule has 2 aromatic rings. The molecule has 0 N–H and O–H groups in total. The molecule has 0 unspecified atom stereocenters. The maximum atomic E-state index is 12.4. The van der Waals surface area contributed by atoms with Crippen LogP contribution in [0.1, 0.15) is 37.7 Å². The monoisotopic (exact) mass is 325 g/mol. The van der Waals surface area contributed by atoms with Crippen LogP contribution >= 0.6 is 0 Å². The summed E-state index contributed by atoms with van der Waals surface area (Å²) in [5, 5.41) is 0. The zero-order valence-electron chi connectivity index (χ0n) is 14.3. The molecule has 0 bridgehead atoms. The third-order valence-electron chi connectivity index (χ3n) is 5.03. The molecular weight excluding hydrogens is 298 g/mol. The van der Waals surface area contributed by atoms with Gasteiger partial charge < -0.3 is 9.47 Å². The summed E-state index contributed by atoms with van der Waals surface area (Å²) in [7, 11) is 0. The van der Waals surface area contributed by atoms with Gasteiger partial charge in [-0.1, -0.05) is 30.3 Å². The molecule has 4 nitrogen and oxygen atoms in total. The molecule has 0 atom stereocenters. The molecular formula is C20H27N3O. The van der Waals surface area contributed by atoms with Gasteiger partial charge in [-0.25, -0.2) is 4.98 Å². The Morgan fingerprint density at radius 2 is 1.96 bits per heavy atom. The first-order chi connectivity index (χ1) is 11.8. The van der Waals surface area contributed by atoms with Crippen molar-refractivity contribution in [3.05, 3.63) is 54.6 Å². The predicted octanol–water partition coefficient (Wildman–Crippen LogP) is 3.53. The number of benzene rings is 1. The molecule has 0 spiro atoms. The molecule has 1 aliphatic rings. The van der Waals surface area contributed by atoms with Crippen LogP contribution in [0.5, 0.6) is 0 Å². The van der Waals surface area contributed by atoms with E-state index >= 15 is 0 Å². The van der Waals surface area contributed by atoms with E-state index in [-0.39, 0.29) is 0 Å². The van der Waals surface area contributed by atoms with E-state index in [1.807, 2.05) is 36.9 Å². The minimum atomic E-state index is 0.315. The van der Waals surface area contributed by atoms with Crippen molar-refractivity contribution in [3.8, 4) is 0 Å². The van der Waals surface area contributed by atoms with Crippen molar-refractivity contribution in [1.29, 1.82) is 0 Å². The topological polar surface area (TPSA) is 38.1 Å². The fourth-order valence-electron chi connectivity index (χ4n) is 3.51. The highest BCUT2D eigenvalue weighted by Crippen LogP contribution is 2.23. The number of rotatable bonds is 7. The summed E-state index contributed by atoms with van der Waals surface area (Å²) in [6.45, 7) is 2.92. The van der Waals surface area contributed by atoms with E-state index in [9.17, 15) is 4.79 Å². The van der Waals surface area contributed by atoms with E-state index in [1.165, 1.54) is 18.4 Å². The Hall–Kier alpha value is -2.10. The van der Waals surface area contributed by atoms with E-state index in [4.69, 9.17) is 0 Å². The smallest absolute Gasteiger partial charge is 0.222 e. The number of aryl methyl sites for hydroxylation is 2. The quantitative estimate of drug-likeness (QED) is 0.781. The molecule has 1 aliphatic heterocycles. The SMILES string of the molecule is O=C(CCc1ccccc1)N1CCC(CCCn2ccnc2)CC1. The standard InChI is InChI=1S/C20H27N3O/c24-20(9-8-18-5-2-1-3-6-18)23-14-10-19(11-15-23)7-4-13-22-16-12-21-17-22/h1-3,5-6,12,16-17,19H,4,7-11,13-15H2. The van der Waals surface area contributed by atoms with Crippen LogP contribution in [0.3, 0.4) is 0 Å². The molecule has 0 radical (unpaired) electrons. The number of hydrogen-bond donors (Lipinski definition) is 0. The van der Waals surface area contributed by atoms with Gasteiger partial charge in [-0.15, -0.1) is 0 Å². The number of likely N-dealkylation sites (tertiary alicyclic amines) is 1. The Bertz CT molecular complexity index is 601. The first-order valence-electron chi connectivity index (χ1n) is 9.09. The first kappa shape index (κ1) is 16.7. The Labute approximate surface area is 144 Å². The van der Waals surface area contributed by atoms with Crippen LogP contribution in [-0.2, 0) is 17.8 Å². The maximum absolute atomic E-state index is 12.4. The van der Waals surface area contributed by atoms with Crippen LogP contribution in [0.15, 0.2) is 49.1 Å². The fraction of sp³-hybridized carbons (Fsp3) is 0.500. The summed E-state index contributed by atoms with van der Waals surface area (Å²) in [6.07, 6.45) is 12.0. The molecule has 4 heteroatoms. The molecule has 1 saturated heterocycles. The summed E-state index contributed by atoms with van der Waals surface area (Å²) in [5.74, 6) is 1.09. The van der Waals surface area contributed by atoms with E-state index in [0.29, 0.717) is 12.3 Å². The highest BCUT2D eigenvalue weighted by Gasteiger charge is 2.22. The highest BCUT2D eigenvalue weighted by atomic mass is 16.2. The first-order valence-corrected chi connectivity index (χ1v) is 9.09. The van der Waals surface area contributed by atoms with Crippen LogP contribution in [0.25, 0.3) is 0 Å². The number of imidazole rings is 1. The molecule has 1 aromatic heterocycles. The van der Waals surface area contributed by atoms with Crippen molar-refractivity contribution in [3.63, 3.8) is 0 Å². The Kier molecular flexibility index (Phi) is 6.05. The van der Waals surface area contributed by atoms with Crippen molar-refractivity contribution >= 4 is 5.91 Å². The molecule has 0 saturated carbocycles. The second kappa shape index (κ2) is 8.67. The van der Waals surface area contributed by atoms with E-state index in [2.05, 4.69) is 26.6 Å². The zero-order valence-corrected chi connectivity index (χ0v) is 14.3. The lowest BCUT2D eigenvalue weighted by molar-refractivity contribution is -0.132. The molecule has 3 rings (SSSR count).